The van der Waals surface area contributed by atoms with E-state index in [2.05, 4.69) is 9.47 Å². The minimum absolute atomic E-state index is 0.0973. The largest absolute Gasteiger partial charge is 0.493 e. The van der Waals surface area contributed by atoms with Gasteiger partial charge in [0.1, 0.15) is 6.54 Å². The van der Waals surface area contributed by atoms with Crippen molar-refractivity contribution in [3.8, 4) is 11.5 Å². The van der Waals surface area contributed by atoms with Gasteiger partial charge in [-0.25, -0.2) is 4.79 Å². The predicted octanol–water partition coefficient (Wildman–Crippen LogP) is 1.46. The number of amides is 2. The Morgan fingerprint density at radius 2 is 1.81 bits per heavy atom. The number of nitrogens with zero attached hydrogens (tertiary/aromatic N) is 1. The van der Waals surface area contributed by atoms with Crippen LogP contribution >= 0.6 is 11.8 Å². The Morgan fingerprint density at radius 1 is 1.11 bits per heavy atom. The van der Waals surface area contributed by atoms with E-state index in [-0.39, 0.29) is 17.3 Å². The molecule has 0 unspecified atom stereocenters. The van der Waals surface area contributed by atoms with Crippen LogP contribution < -0.4 is 9.47 Å². The lowest BCUT2D eigenvalue weighted by Gasteiger charge is -2.13. The molecule has 1 heterocycles. The zero-order valence-corrected chi connectivity index (χ0v) is 15.7. The van der Waals surface area contributed by atoms with E-state index in [4.69, 9.17) is 9.47 Å². The quantitative estimate of drug-likeness (QED) is 0.501. The third-order valence-corrected chi connectivity index (χ3v) is 4.37. The normalized spacial score (nSPS) is 15.1. The first-order valence-corrected chi connectivity index (χ1v) is 8.41. The summed E-state index contributed by atoms with van der Waals surface area (Å²) in [7, 11) is 3.82. The number of hydrogen-bond acceptors (Lipinski definition) is 9. The van der Waals surface area contributed by atoms with Crippen LogP contribution in [0.1, 0.15) is 5.56 Å². The van der Waals surface area contributed by atoms with Gasteiger partial charge in [0.25, 0.3) is 11.1 Å². The molecule has 1 aliphatic rings. The summed E-state index contributed by atoms with van der Waals surface area (Å²) >= 11 is 0.683. The first kappa shape index (κ1) is 20.3. The molecular formula is C17H17NO8S. The second-order valence-corrected chi connectivity index (χ2v) is 6.08. The molecule has 0 saturated carbocycles. The van der Waals surface area contributed by atoms with E-state index in [0.29, 0.717) is 23.1 Å². The Balaban J connectivity index is 2.32. The third-order valence-electron chi connectivity index (χ3n) is 3.47. The average molecular weight is 395 g/mol. The fraction of sp³-hybridized carbons (Fsp3) is 0.294. The Morgan fingerprint density at radius 3 is 2.44 bits per heavy atom. The SMILES string of the molecule is COC(=O)COc1c(C=C2SC(=O)N(CC(=O)OC)C2=O)cccc1OC. The van der Waals surface area contributed by atoms with Crippen molar-refractivity contribution in [2.45, 2.75) is 0 Å². The maximum Gasteiger partial charge on any atom is 0.343 e. The summed E-state index contributed by atoms with van der Waals surface area (Å²) in [5.74, 6) is -1.38. The lowest BCUT2D eigenvalue weighted by atomic mass is 10.1. The summed E-state index contributed by atoms with van der Waals surface area (Å²) in [5.41, 5.74) is 0.418. The van der Waals surface area contributed by atoms with Gasteiger partial charge in [-0.1, -0.05) is 12.1 Å². The van der Waals surface area contributed by atoms with Crippen LogP contribution in [0.15, 0.2) is 23.1 Å². The van der Waals surface area contributed by atoms with E-state index in [9.17, 15) is 19.2 Å². The molecule has 1 saturated heterocycles. The summed E-state index contributed by atoms with van der Waals surface area (Å²) in [5, 5.41) is -0.587. The van der Waals surface area contributed by atoms with Gasteiger partial charge in [-0.05, 0) is 23.9 Å². The lowest BCUT2D eigenvalue weighted by Crippen LogP contribution is -2.34. The van der Waals surface area contributed by atoms with Crippen LogP contribution in [0.4, 0.5) is 4.79 Å². The molecule has 1 fully saturated rings. The number of imide groups is 1. The number of hydrogen-bond donors (Lipinski definition) is 0. The topological polar surface area (TPSA) is 108 Å². The molecule has 0 bridgehead atoms. The van der Waals surface area contributed by atoms with Crippen LogP contribution in [0.2, 0.25) is 0 Å². The van der Waals surface area contributed by atoms with Crippen LogP contribution in [-0.4, -0.2) is 62.5 Å². The van der Waals surface area contributed by atoms with Gasteiger partial charge in [0, 0.05) is 5.56 Å². The molecule has 9 nitrogen and oxygen atoms in total. The third kappa shape index (κ3) is 4.79. The van der Waals surface area contributed by atoms with Gasteiger partial charge in [-0.3, -0.25) is 19.3 Å². The molecule has 2 amide bonds. The van der Waals surface area contributed by atoms with Crippen LogP contribution in [0, 0.1) is 0 Å². The van der Waals surface area contributed by atoms with Gasteiger partial charge >= 0.3 is 11.9 Å². The standard InChI is InChI=1S/C17H17NO8S/c1-23-11-6-4-5-10(15(11)26-9-14(20)25-3)7-12-16(21)18(17(22)27-12)8-13(19)24-2/h4-7H,8-9H2,1-3H3. The molecule has 0 radical (unpaired) electrons. The molecule has 10 heteroatoms. The molecule has 0 N–H and O–H groups in total. The smallest absolute Gasteiger partial charge is 0.343 e. The summed E-state index contributed by atoms with van der Waals surface area (Å²) < 4.78 is 19.7. The van der Waals surface area contributed by atoms with E-state index in [0.717, 1.165) is 4.90 Å². The van der Waals surface area contributed by atoms with E-state index in [1.807, 2.05) is 0 Å². The zero-order chi connectivity index (χ0) is 20.0. The highest BCUT2D eigenvalue weighted by Gasteiger charge is 2.36. The first-order valence-electron chi connectivity index (χ1n) is 7.60. The molecule has 0 aromatic heterocycles. The summed E-state index contributed by atoms with van der Waals surface area (Å²) in [6.07, 6.45) is 1.43. The van der Waals surface area contributed by atoms with E-state index in [1.165, 1.54) is 27.4 Å². The first-order chi connectivity index (χ1) is 12.9. The fourth-order valence-corrected chi connectivity index (χ4v) is 2.95. The van der Waals surface area contributed by atoms with Crippen LogP contribution in [-0.2, 0) is 23.9 Å². The highest BCUT2D eigenvalue weighted by molar-refractivity contribution is 8.18. The lowest BCUT2D eigenvalue weighted by molar-refractivity contribution is -0.143. The van der Waals surface area contributed by atoms with Gasteiger partial charge < -0.3 is 18.9 Å². The van der Waals surface area contributed by atoms with Crippen molar-refractivity contribution in [1.29, 1.82) is 0 Å². The Bertz CT molecular complexity index is 804. The molecule has 0 atom stereocenters. The summed E-state index contributed by atoms with van der Waals surface area (Å²) in [4.78, 5) is 48.0. The Labute approximate surface area is 159 Å². The molecule has 0 spiro atoms. The van der Waals surface area contributed by atoms with Gasteiger partial charge in [-0.15, -0.1) is 0 Å². The van der Waals surface area contributed by atoms with Gasteiger partial charge in [-0.2, -0.15) is 0 Å². The number of carbonyl (C=O) groups excluding carboxylic acids is 4. The number of carbonyl (C=O) groups is 4. The second kappa shape index (κ2) is 9.08. The fourth-order valence-electron chi connectivity index (χ4n) is 2.12. The molecule has 27 heavy (non-hydrogen) atoms. The van der Waals surface area contributed by atoms with Crippen molar-refractivity contribution in [2.24, 2.45) is 0 Å². The summed E-state index contributed by atoms with van der Waals surface area (Å²) in [6, 6.07) is 4.91. The number of esters is 2. The zero-order valence-electron chi connectivity index (χ0n) is 14.8. The van der Waals surface area contributed by atoms with E-state index in [1.54, 1.807) is 18.2 Å². The molecule has 1 aromatic carbocycles. The maximum absolute atomic E-state index is 12.4. The number of rotatable bonds is 7. The molecular weight excluding hydrogens is 378 g/mol. The minimum atomic E-state index is -0.706. The minimum Gasteiger partial charge on any atom is -0.493 e. The van der Waals surface area contributed by atoms with Crippen molar-refractivity contribution >= 4 is 40.9 Å². The predicted molar refractivity (Wildman–Crippen MR) is 95.2 cm³/mol. The number of ether oxygens (including phenoxy) is 4. The van der Waals surface area contributed by atoms with Crippen LogP contribution in [0.25, 0.3) is 6.08 Å². The summed E-state index contributed by atoms with van der Waals surface area (Å²) in [6.45, 7) is -0.830. The molecule has 1 aliphatic heterocycles. The highest BCUT2D eigenvalue weighted by atomic mass is 32.2. The maximum atomic E-state index is 12.4. The van der Waals surface area contributed by atoms with Crippen molar-refractivity contribution in [3.05, 3.63) is 28.7 Å². The molecule has 0 aliphatic carbocycles. The van der Waals surface area contributed by atoms with Crippen molar-refractivity contribution in [1.82, 2.24) is 4.90 Å². The van der Waals surface area contributed by atoms with Crippen LogP contribution in [0.5, 0.6) is 11.5 Å². The van der Waals surface area contributed by atoms with E-state index < -0.39 is 29.6 Å². The average Bonchev–Trinajstić information content (AvgIpc) is 2.93. The Kier molecular flexibility index (Phi) is 6.83. The Hall–Kier alpha value is -3.01. The molecule has 1 aromatic rings. The van der Waals surface area contributed by atoms with Gasteiger partial charge in [0.15, 0.2) is 18.1 Å². The van der Waals surface area contributed by atoms with Gasteiger partial charge in [0.05, 0.1) is 26.2 Å². The second-order valence-electron chi connectivity index (χ2n) is 5.09. The number of thioether (sulfide) groups is 1. The van der Waals surface area contributed by atoms with Crippen molar-refractivity contribution in [2.75, 3.05) is 34.5 Å². The van der Waals surface area contributed by atoms with E-state index >= 15 is 0 Å². The van der Waals surface area contributed by atoms with Crippen molar-refractivity contribution in [3.63, 3.8) is 0 Å². The monoisotopic (exact) mass is 395 g/mol. The number of para-hydroxylation sites is 1. The number of benzene rings is 1. The van der Waals surface area contributed by atoms with Crippen LogP contribution in [0.3, 0.4) is 0 Å². The highest BCUT2D eigenvalue weighted by Crippen LogP contribution is 2.37. The molecule has 2 rings (SSSR count). The van der Waals surface area contributed by atoms with Gasteiger partial charge in [0.2, 0.25) is 0 Å². The number of methoxy groups -OCH3 is 3. The molecule has 144 valence electrons. The van der Waals surface area contributed by atoms with Crippen molar-refractivity contribution < 1.29 is 38.1 Å².